The Kier molecular flexibility index (Phi) is 8.81. The minimum Gasteiger partial charge on any atom is -0.493 e. The van der Waals surface area contributed by atoms with Crippen LogP contribution in [0.15, 0.2) is 46.0 Å². The van der Waals surface area contributed by atoms with Crippen molar-refractivity contribution in [2.75, 3.05) is 20.3 Å². The van der Waals surface area contributed by atoms with Crippen LogP contribution in [0.3, 0.4) is 0 Å². The molecule has 0 spiro atoms. The number of carbonyl (C=O) groups excluding carboxylic acids is 1. The molecule has 0 aromatic heterocycles. The summed E-state index contributed by atoms with van der Waals surface area (Å²) in [6.45, 7) is 4.86. The highest BCUT2D eigenvalue weighted by Gasteiger charge is 2.08. The molecule has 1 N–H and O–H groups in total. The number of nitrogens with one attached hydrogen (secondary N) is 1. The molecule has 6 nitrogen and oxygen atoms in total. The van der Waals surface area contributed by atoms with E-state index in [9.17, 15) is 4.79 Å². The summed E-state index contributed by atoms with van der Waals surface area (Å²) >= 11 is 3.47. The standard InChI is InChI=1S/C21H25BrN2O4/c1-4-27-21-16(7-5-8-19(21)26-3)14-23-24-20(25)9-6-12-28-18-11-10-15(2)13-17(18)22/h5,7-8,10-11,13-14H,4,6,9,12H2,1-3H3,(H,24,25)/b23-14+. The number of ether oxygens (including phenoxy) is 3. The third-order valence-electron chi connectivity index (χ3n) is 3.80. The van der Waals surface area contributed by atoms with Gasteiger partial charge in [-0.3, -0.25) is 4.79 Å². The summed E-state index contributed by atoms with van der Waals surface area (Å²) in [4.78, 5) is 11.9. The van der Waals surface area contributed by atoms with E-state index in [0.717, 1.165) is 21.3 Å². The third kappa shape index (κ3) is 6.56. The zero-order chi connectivity index (χ0) is 20.4. The Balaban J connectivity index is 1.79. The molecule has 150 valence electrons. The van der Waals surface area contributed by atoms with Gasteiger partial charge in [0.2, 0.25) is 5.91 Å². The average Bonchev–Trinajstić information content (AvgIpc) is 2.68. The smallest absolute Gasteiger partial charge is 0.240 e. The van der Waals surface area contributed by atoms with Crippen LogP contribution in [0.5, 0.6) is 17.2 Å². The first-order chi connectivity index (χ1) is 13.5. The van der Waals surface area contributed by atoms with Crippen molar-refractivity contribution in [3.63, 3.8) is 0 Å². The number of hydrogen-bond acceptors (Lipinski definition) is 5. The van der Waals surface area contributed by atoms with Crippen LogP contribution < -0.4 is 19.6 Å². The molecule has 0 aliphatic carbocycles. The largest absolute Gasteiger partial charge is 0.493 e. The van der Waals surface area contributed by atoms with Crippen molar-refractivity contribution in [1.29, 1.82) is 0 Å². The quantitative estimate of drug-likeness (QED) is 0.330. The minimum absolute atomic E-state index is 0.177. The van der Waals surface area contributed by atoms with Gasteiger partial charge in [-0.1, -0.05) is 12.1 Å². The van der Waals surface area contributed by atoms with E-state index in [4.69, 9.17) is 14.2 Å². The van der Waals surface area contributed by atoms with E-state index >= 15 is 0 Å². The van der Waals surface area contributed by atoms with Crippen molar-refractivity contribution < 1.29 is 19.0 Å². The number of rotatable bonds is 10. The summed E-state index contributed by atoms with van der Waals surface area (Å²) in [6, 6.07) is 11.4. The van der Waals surface area contributed by atoms with E-state index in [2.05, 4.69) is 26.5 Å². The molecule has 0 saturated heterocycles. The Morgan fingerprint density at radius 2 is 2.04 bits per heavy atom. The first-order valence-electron chi connectivity index (χ1n) is 9.05. The maximum atomic E-state index is 11.9. The lowest BCUT2D eigenvalue weighted by molar-refractivity contribution is -0.121. The molecule has 0 bridgehead atoms. The normalized spacial score (nSPS) is 10.7. The Hall–Kier alpha value is -2.54. The van der Waals surface area contributed by atoms with Crippen LogP contribution in [0.2, 0.25) is 0 Å². The van der Waals surface area contributed by atoms with Crippen LogP contribution in [-0.4, -0.2) is 32.4 Å². The minimum atomic E-state index is -0.177. The molecule has 0 aliphatic rings. The molecule has 1 amide bonds. The lowest BCUT2D eigenvalue weighted by Gasteiger charge is -2.11. The number of methoxy groups -OCH3 is 1. The lowest BCUT2D eigenvalue weighted by Crippen LogP contribution is -2.18. The summed E-state index contributed by atoms with van der Waals surface area (Å²) in [5.74, 6) is 1.81. The van der Waals surface area contributed by atoms with E-state index in [1.807, 2.05) is 50.2 Å². The zero-order valence-corrected chi connectivity index (χ0v) is 17.9. The first-order valence-corrected chi connectivity index (χ1v) is 9.85. The highest BCUT2D eigenvalue weighted by atomic mass is 79.9. The van der Waals surface area contributed by atoms with Crippen molar-refractivity contribution in [2.45, 2.75) is 26.7 Å². The fourth-order valence-electron chi connectivity index (χ4n) is 2.46. The highest BCUT2D eigenvalue weighted by molar-refractivity contribution is 9.10. The molecular formula is C21H25BrN2O4. The Bertz CT molecular complexity index is 824. The number of carbonyl (C=O) groups is 1. The van der Waals surface area contributed by atoms with Crippen LogP contribution >= 0.6 is 15.9 Å². The van der Waals surface area contributed by atoms with Crippen LogP contribution in [0.4, 0.5) is 0 Å². The number of amides is 1. The van der Waals surface area contributed by atoms with Gasteiger partial charge in [-0.2, -0.15) is 5.10 Å². The van der Waals surface area contributed by atoms with Gasteiger partial charge in [0.1, 0.15) is 5.75 Å². The fourth-order valence-corrected chi connectivity index (χ4v) is 3.07. The summed E-state index contributed by atoms with van der Waals surface area (Å²) in [5.41, 5.74) is 4.41. The number of para-hydroxylation sites is 1. The number of nitrogens with zero attached hydrogens (tertiary/aromatic N) is 1. The molecule has 0 fully saturated rings. The predicted octanol–water partition coefficient (Wildman–Crippen LogP) is 4.47. The molecule has 0 heterocycles. The molecule has 28 heavy (non-hydrogen) atoms. The van der Waals surface area contributed by atoms with Gasteiger partial charge in [-0.15, -0.1) is 0 Å². The van der Waals surface area contributed by atoms with Crippen LogP contribution in [0, 0.1) is 6.92 Å². The van der Waals surface area contributed by atoms with Crippen LogP contribution in [-0.2, 0) is 4.79 Å². The molecule has 0 saturated carbocycles. The third-order valence-corrected chi connectivity index (χ3v) is 4.42. The zero-order valence-electron chi connectivity index (χ0n) is 16.3. The van der Waals surface area contributed by atoms with Crippen molar-refractivity contribution in [3.05, 3.63) is 52.0 Å². The fraction of sp³-hybridized carbons (Fsp3) is 0.333. The SMILES string of the molecule is CCOc1c(/C=N/NC(=O)CCCOc2ccc(C)cc2Br)cccc1OC. The van der Waals surface area contributed by atoms with E-state index in [0.29, 0.717) is 37.6 Å². The summed E-state index contributed by atoms with van der Waals surface area (Å²) in [5, 5.41) is 4.01. The van der Waals surface area contributed by atoms with Gasteiger partial charge in [-0.25, -0.2) is 5.43 Å². The van der Waals surface area contributed by atoms with Crippen molar-refractivity contribution in [3.8, 4) is 17.2 Å². The Morgan fingerprint density at radius 1 is 1.21 bits per heavy atom. The van der Waals surface area contributed by atoms with Gasteiger partial charge in [0.25, 0.3) is 0 Å². The van der Waals surface area contributed by atoms with Crippen LogP contribution in [0.25, 0.3) is 0 Å². The number of benzene rings is 2. The van der Waals surface area contributed by atoms with Gasteiger partial charge < -0.3 is 14.2 Å². The second-order valence-corrected chi connectivity index (χ2v) is 6.85. The van der Waals surface area contributed by atoms with Gasteiger partial charge in [-0.05, 0) is 66.0 Å². The van der Waals surface area contributed by atoms with Crippen LogP contribution in [0.1, 0.15) is 30.9 Å². The van der Waals surface area contributed by atoms with Crippen molar-refractivity contribution in [2.24, 2.45) is 5.10 Å². The predicted molar refractivity (Wildman–Crippen MR) is 114 cm³/mol. The van der Waals surface area contributed by atoms with E-state index in [1.165, 1.54) is 0 Å². The summed E-state index contributed by atoms with van der Waals surface area (Å²) in [6.07, 6.45) is 2.45. The van der Waals surface area contributed by atoms with E-state index in [1.54, 1.807) is 13.3 Å². The number of aryl methyl sites for hydroxylation is 1. The van der Waals surface area contributed by atoms with Crippen molar-refractivity contribution >= 4 is 28.1 Å². The molecule has 0 atom stereocenters. The van der Waals surface area contributed by atoms with Crippen molar-refractivity contribution in [1.82, 2.24) is 5.43 Å². The number of hydrazone groups is 1. The second kappa shape index (κ2) is 11.3. The molecule has 0 aliphatic heterocycles. The van der Waals surface area contributed by atoms with E-state index in [-0.39, 0.29) is 5.91 Å². The van der Waals surface area contributed by atoms with Gasteiger partial charge in [0.15, 0.2) is 11.5 Å². The number of hydrogen-bond donors (Lipinski definition) is 1. The average molecular weight is 449 g/mol. The second-order valence-electron chi connectivity index (χ2n) is 5.99. The maximum Gasteiger partial charge on any atom is 0.240 e. The monoisotopic (exact) mass is 448 g/mol. The molecule has 0 radical (unpaired) electrons. The summed E-state index contributed by atoms with van der Waals surface area (Å²) < 4.78 is 17.5. The molecule has 2 rings (SSSR count). The van der Waals surface area contributed by atoms with Gasteiger partial charge >= 0.3 is 0 Å². The Labute approximate surface area is 174 Å². The van der Waals surface area contributed by atoms with Gasteiger partial charge in [0.05, 0.1) is 31.0 Å². The van der Waals surface area contributed by atoms with E-state index < -0.39 is 0 Å². The summed E-state index contributed by atoms with van der Waals surface area (Å²) in [7, 11) is 1.58. The molecule has 7 heteroatoms. The molecular weight excluding hydrogens is 424 g/mol. The molecule has 0 unspecified atom stereocenters. The Morgan fingerprint density at radius 3 is 2.75 bits per heavy atom. The first kappa shape index (κ1) is 21.8. The number of halogens is 1. The topological polar surface area (TPSA) is 69.2 Å². The highest BCUT2D eigenvalue weighted by Crippen LogP contribution is 2.30. The molecule has 2 aromatic rings. The van der Waals surface area contributed by atoms with Gasteiger partial charge in [0, 0.05) is 12.0 Å². The maximum absolute atomic E-state index is 11.9. The molecule has 2 aromatic carbocycles. The lowest BCUT2D eigenvalue weighted by atomic mass is 10.2.